The van der Waals surface area contributed by atoms with E-state index in [9.17, 15) is 0 Å². The topological polar surface area (TPSA) is 24.5 Å². The predicted molar refractivity (Wildman–Crippen MR) is 93.7 cm³/mol. The zero-order chi connectivity index (χ0) is 16.0. The monoisotopic (exact) mass is 308 g/mol. The van der Waals surface area contributed by atoms with Crippen LogP contribution in [-0.4, -0.2) is 29.8 Å². The van der Waals surface area contributed by atoms with Crippen molar-refractivity contribution in [2.75, 3.05) is 13.1 Å². The number of fused-ring (bicyclic) bond motifs is 1. The van der Waals surface area contributed by atoms with Crippen molar-refractivity contribution in [1.82, 2.24) is 10.4 Å². The van der Waals surface area contributed by atoms with Crippen molar-refractivity contribution in [3.63, 3.8) is 0 Å². The maximum absolute atomic E-state index is 6.38. The lowest BCUT2D eigenvalue weighted by Crippen LogP contribution is -2.44. The molecule has 23 heavy (non-hydrogen) atoms. The van der Waals surface area contributed by atoms with Gasteiger partial charge in [-0.1, -0.05) is 48.6 Å². The lowest BCUT2D eigenvalue weighted by Gasteiger charge is -2.41. The van der Waals surface area contributed by atoms with Crippen LogP contribution in [0.2, 0.25) is 0 Å². The normalized spacial score (nSPS) is 26.0. The highest BCUT2D eigenvalue weighted by Gasteiger charge is 2.37. The van der Waals surface area contributed by atoms with E-state index in [1.807, 2.05) is 0 Å². The van der Waals surface area contributed by atoms with Crippen LogP contribution in [-0.2, 0) is 4.84 Å². The molecule has 2 unspecified atom stereocenters. The van der Waals surface area contributed by atoms with Gasteiger partial charge in [0.1, 0.15) is 0 Å². The fourth-order valence-corrected chi connectivity index (χ4v) is 3.63. The largest absolute Gasteiger partial charge is 0.307 e. The molecule has 3 aliphatic rings. The molecule has 120 valence electrons. The first kappa shape index (κ1) is 14.7. The number of hydrogen-bond donors (Lipinski definition) is 1. The number of nitrogens with one attached hydrogen (secondary N) is 1. The molecule has 4 rings (SSSR count). The van der Waals surface area contributed by atoms with Gasteiger partial charge < -0.3 is 5.32 Å². The molecule has 1 N–H and O–H groups in total. The summed E-state index contributed by atoms with van der Waals surface area (Å²) >= 11 is 0. The summed E-state index contributed by atoms with van der Waals surface area (Å²) in [5.74, 6) is 0.333. The Hall–Kier alpha value is -1.84. The average Bonchev–Trinajstić information content (AvgIpc) is 3.12. The molecule has 2 aliphatic heterocycles. The highest BCUT2D eigenvalue weighted by molar-refractivity contribution is 5.63. The second-order valence-corrected chi connectivity index (χ2v) is 7.47. The smallest absolute Gasteiger partial charge is 0.0879 e. The first-order chi connectivity index (χ1) is 11.0. The molecule has 1 aromatic carbocycles. The van der Waals surface area contributed by atoms with Gasteiger partial charge in [0.25, 0.3) is 0 Å². The summed E-state index contributed by atoms with van der Waals surface area (Å²) in [4.78, 5) is 6.38. The minimum atomic E-state index is -0.216. The maximum Gasteiger partial charge on any atom is 0.0879 e. The standard InChI is InChI=1S/C20H24N2O/c1-20(2,3)23-22-18(11-9-15-12-21-13-19(15)22)17-10-8-14-6-4-5-7-16(14)17/h4-11,17-18,21H,12-13H2,1-3H3. The van der Waals surface area contributed by atoms with Crippen LogP contribution >= 0.6 is 0 Å². The van der Waals surface area contributed by atoms with Crippen molar-refractivity contribution < 1.29 is 4.84 Å². The molecule has 0 radical (unpaired) electrons. The van der Waals surface area contributed by atoms with Crippen molar-refractivity contribution in [3.8, 4) is 0 Å². The molecule has 3 heteroatoms. The molecule has 0 aromatic heterocycles. The minimum absolute atomic E-state index is 0.202. The third kappa shape index (κ3) is 2.64. The third-order valence-electron chi connectivity index (χ3n) is 4.59. The summed E-state index contributed by atoms with van der Waals surface area (Å²) in [5, 5.41) is 5.60. The Kier molecular flexibility index (Phi) is 3.43. The van der Waals surface area contributed by atoms with Gasteiger partial charge in [0.2, 0.25) is 0 Å². The van der Waals surface area contributed by atoms with Crippen LogP contribution in [0.4, 0.5) is 0 Å². The second-order valence-electron chi connectivity index (χ2n) is 7.47. The van der Waals surface area contributed by atoms with Crippen LogP contribution in [0.1, 0.15) is 37.8 Å². The summed E-state index contributed by atoms with van der Waals surface area (Å²) < 4.78 is 0. The Balaban J connectivity index is 1.70. The van der Waals surface area contributed by atoms with E-state index in [1.54, 1.807) is 0 Å². The lowest BCUT2D eigenvalue weighted by atomic mass is 9.90. The van der Waals surface area contributed by atoms with Crippen LogP contribution < -0.4 is 5.32 Å². The Morgan fingerprint density at radius 2 is 1.91 bits per heavy atom. The Bertz CT molecular complexity index is 709. The molecule has 0 fully saturated rings. The summed E-state index contributed by atoms with van der Waals surface area (Å²) in [6.07, 6.45) is 9.12. The number of nitrogens with zero attached hydrogens (tertiary/aromatic N) is 1. The van der Waals surface area contributed by atoms with Crippen LogP contribution in [0, 0.1) is 0 Å². The van der Waals surface area contributed by atoms with E-state index in [-0.39, 0.29) is 11.6 Å². The van der Waals surface area contributed by atoms with Gasteiger partial charge in [-0.3, -0.25) is 4.84 Å². The van der Waals surface area contributed by atoms with Gasteiger partial charge in [-0.25, -0.2) is 5.06 Å². The molecule has 0 bridgehead atoms. The highest BCUT2D eigenvalue weighted by atomic mass is 16.7. The Labute approximate surface area is 138 Å². The molecule has 0 amide bonds. The maximum atomic E-state index is 6.38. The van der Waals surface area contributed by atoms with Crippen LogP contribution in [0.15, 0.2) is 53.8 Å². The molecule has 0 spiro atoms. The van der Waals surface area contributed by atoms with Gasteiger partial charge >= 0.3 is 0 Å². The van der Waals surface area contributed by atoms with Crippen molar-refractivity contribution in [1.29, 1.82) is 0 Å². The van der Waals surface area contributed by atoms with Crippen molar-refractivity contribution in [2.45, 2.75) is 38.3 Å². The fraction of sp³-hybridized carbons (Fsp3) is 0.400. The molecule has 2 heterocycles. The molecule has 3 nitrogen and oxygen atoms in total. The molecule has 2 atom stereocenters. The van der Waals surface area contributed by atoms with E-state index in [0.717, 1.165) is 13.1 Å². The quantitative estimate of drug-likeness (QED) is 0.903. The SMILES string of the molecule is CC(C)(C)ON1C2=C(C=CC1C1C=Cc3ccccc31)CNC2. The average molecular weight is 308 g/mol. The molecular weight excluding hydrogens is 284 g/mol. The van der Waals surface area contributed by atoms with Gasteiger partial charge in [0.15, 0.2) is 0 Å². The third-order valence-corrected chi connectivity index (χ3v) is 4.59. The van der Waals surface area contributed by atoms with E-state index in [4.69, 9.17) is 4.84 Å². The molecule has 1 aromatic rings. The first-order valence-electron chi connectivity index (χ1n) is 8.39. The first-order valence-corrected chi connectivity index (χ1v) is 8.39. The molecule has 0 saturated heterocycles. The predicted octanol–water partition coefficient (Wildman–Crippen LogP) is 3.62. The number of hydrogen-bond acceptors (Lipinski definition) is 3. The lowest BCUT2D eigenvalue weighted by molar-refractivity contribution is -0.223. The van der Waals surface area contributed by atoms with Gasteiger partial charge in [-0.2, -0.15) is 0 Å². The Morgan fingerprint density at radius 1 is 1.09 bits per heavy atom. The van der Waals surface area contributed by atoms with Crippen molar-refractivity contribution in [3.05, 3.63) is 64.9 Å². The van der Waals surface area contributed by atoms with Crippen LogP contribution in [0.25, 0.3) is 6.08 Å². The van der Waals surface area contributed by atoms with Crippen LogP contribution in [0.3, 0.4) is 0 Å². The summed E-state index contributed by atoms with van der Waals surface area (Å²) in [7, 11) is 0. The van der Waals surface area contributed by atoms with Gasteiger partial charge in [-0.15, -0.1) is 0 Å². The molecule has 0 saturated carbocycles. The number of benzene rings is 1. The number of hydroxylamine groups is 2. The van der Waals surface area contributed by atoms with E-state index < -0.39 is 0 Å². The zero-order valence-corrected chi connectivity index (χ0v) is 14.0. The van der Waals surface area contributed by atoms with Crippen LogP contribution in [0.5, 0.6) is 0 Å². The zero-order valence-electron chi connectivity index (χ0n) is 14.0. The Morgan fingerprint density at radius 3 is 2.74 bits per heavy atom. The minimum Gasteiger partial charge on any atom is -0.307 e. The van der Waals surface area contributed by atoms with Crippen molar-refractivity contribution in [2.24, 2.45) is 0 Å². The summed E-state index contributed by atoms with van der Waals surface area (Å²) in [5.41, 5.74) is 5.13. The second kappa shape index (κ2) is 5.36. The van der Waals surface area contributed by atoms with E-state index in [2.05, 4.69) is 79.7 Å². The summed E-state index contributed by atoms with van der Waals surface area (Å²) in [6.45, 7) is 8.15. The van der Waals surface area contributed by atoms with E-state index in [0.29, 0.717) is 5.92 Å². The van der Waals surface area contributed by atoms with Gasteiger partial charge in [-0.05, 0) is 37.5 Å². The number of rotatable bonds is 2. The fourth-order valence-electron chi connectivity index (χ4n) is 3.63. The van der Waals surface area contributed by atoms with Gasteiger partial charge in [0.05, 0.1) is 17.3 Å². The summed E-state index contributed by atoms with van der Waals surface area (Å²) in [6, 6.07) is 8.86. The van der Waals surface area contributed by atoms with Gasteiger partial charge in [0, 0.05) is 19.0 Å². The highest BCUT2D eigenvalue weighted by Crippen LogP contribution is 2.39. The van der Waals surface area contributed by atoms with E-state index >= 15 is 0 Å². The molecule has 1 aliphatic carbocycles. The van der Waals surface area contributed by atoms with E-state index in [1.165, 1.54) is 22.4 Å². The molecular formula is C20H24N2O. The van der Waals surface area contributed by atoms with Crippen molar-refractivity contribution >= 4 is 6.08 Å².